The third kappa shape index (κ3) is 3.48. The third-order valence-corrected chi connectivity index (χ3v) is 7.33. The summed E-state index contributed by atoms with van der Waals surface area (Å²) in [6.07, 6.45) is 1.59. The van der Waals surface area contributed by atoms with E-state index in [1.165, 1.54) is 13.2 Å². The summed E-state index contributed by atoms with van der Waals surface area (Å²) in [6.45, 7) is 4.35. The van der Waals surface area contributed by atoms with Crippen molar-refractivity contribution in [2.45, 2.75) is 25.9 Å². The molecular formula is C30H26FN5O2. The van der Waals surface area contributed by atoms with Crippen LogP contribution in [0.4, 0.5) is 10.3 Å². The fourth-order valence-electron chi connectivity index (χ4n) is 5.49. The second-order valence-electron chi connectivity index (χ2n) is 9.73. The predicted octanol–water partition coefficient (Wildman–Crippen LogP) is 5.59. The Morgan fingerprint density at radius 3 is 2.58 bits per heavy atom. The van der Waals surface area contributed by atoms with Crippen LogP contribution >= 0.6 is 0 Å². The van der Waals surface area contributed by atoms with E-state index in [4.69, 9.17) is 9.72 Å². The number of aromatic nitrogens is 4. The lowest BCUT2D eigenvalue weighted by Gasteiger charge is -2.34. The smallest absolute Gasteiger partial charge is 0.261 e. The Balaban J connectivity index is 1.48. The van der Waals surface area contributed by atoms with Gasteiger partial charge in [0, 0.05) is 10.9 Å². The van der Waals surface area contributed by atoms with Gasteiger partial charge in [-0.2, -0.15) is 0 Å². The van der Waals surface area contributed by atoms with Crippen LogP contribution in [0.15, 0.2) is 85.2 Å². The number of nitrogens with zero attached hydrogens (tertiary/aromatic N) is 5. The molecule has 38 heavy (non-hydrogen) atoms. The number of pyridine rings is 1. The Bertz CT molecular complexity index is 1670. The number of hydrogen-bond donors (Lipinski definition) is 0. The average Bonchev–Trinajstić information content (AvgIpc) is 3.50. The monoisotopic (exact) mass is 507 g/mol. The van der Waals surface area contributed by atoms with E-state index in [2.05, 4.69) is 10.2 Å². The van der Waals surface area contributed by atoms with E-state index in [1.807, 2.05) is 79.1 Å². The first-order valence-electron chi connectivity index (χ1n) is 12.5. The van der Waals surface area contributed by atoms with Crippen LogP contribution in [0.5, 0.6) is 5.88 Å². The number of fused-ring (bicyclic) bond motifs is 2. The third-order valence-electron chi connectivity index (χ3n) is 7.33. The molecule has 2 aromatic heterocycles. The molecule has 1 aliphatic rings. The molecule has 6 rings (SSSR count). The minimum absolute atomic E-state index is 0.123. The molecule has 5 aromatic rings. The minimum Gasteiger partial charge on any atom is -0.481 e. The van der Waals surface area contributed by atoms with E-state index in [0.29, 0.717) is 35.0 Å². The molecule has 0 saturated heterocycles. The highest BCUT2D eigenvalue weighted by atomic mass is 19.1. The molecule has 1 aliphatic heterocycles. The van der Waals surface area contributed by atoms with Gasteiger partial charge in [-0.15, -0.1) is 10.2 Å². The van der Waals surface area contributed by atoms with Crippen molar-refractivity contribution >= 4 is 22.6 Å². The van der Waals surface area contributed by atoms with E-state index in [0.717, 1.165) is 16.5 Å². The number of rotatable bonds is 6. The number of hydrogen-bond acceptors (Lipinski definition) is 5. The van der Waals surface area contributed by atoms with Crippen LogP contribution in [0.25, 0.3) is 22.0 Å². The van der Waals surface area contributed by atoms with Gasteiger partial charge in [0.1, 0.15) is 12.1 Å². The van der Waals surface area contributed by atoms with Crippen LogP contribution in [0, 0.1) is 11.7 Å². The standard InChI is InChI=1S/C30H26FN5O2/c1-19(2)30(28(37)35(29-34-32-18-36(29)30)17-20-8-5-4-6-9-20)24-14-15-26(33-27(24)38-3)22-13-12-21-10-7-11-25(31)23(21)16-22/h4-16,18-19H,17H2,1-3H3. The number of methoxy groups -OCH3 is 1. The summed E-state index contributed by atoms with van der Waals surface area (Å²) >= 11 is 0. The Hall–Kier alpha value is -4.59. The highest BCUT2D eigenvalue weighted by molar-refractivity contribution is 6.04. The molecule has 1 amide bonds. The van der Waals surface area contributed by atoms with Crippen LogP contribution in [0.3, 0.4) is 0 Å². The fraction of sp³-hybridized carbons (Fsp3) is 0.200. The Labute approximate surface area is 219 Å². The lowest BCUT2D eigenvalue weighted by atomic mass is 9.79. The van der Waals surface area contributed by atoms with E-state index in [-0.39, 0.29) is 17.6 Å². The molecule has 0 spiro atoms. The molecule has 190 valence electrons. The number of amides is 1. The van der Waals surface area contributed by atoms with E-state index >= 15 is 0 Å². The second-order valence-corrected chi connectivity index (χ2v) is 9.73. The largest absolute Gasteiger partial charge is 0.481 e. The Morgan fingerprint density at radius 2 is 1.82 bits per heavy atom. The lowest BCUT2D eigenvalue weighted by molar-refractivity contribution is -0.125. The molecule has 0 fully saturated rings. The molecule has 0 radical (unpaired) electrons. The number of carbonyl (C=O) groups excluding carboxylic acids is 1. The average molecular weight is 508 g/mol. The predicted molar refractivity (Wildman–Crippen MR) is 143 cm³/mol. The van der Waals surface area contributed by atoms with Gasteiger partial charge in [0.05, 0.1) is 24.9 Å². The molecule has 1 atom stereocenters. The number of halogens is 1. The van der Waals surface area contributed by atoms with Crippen LogP contribution in [0.1, 0.15) is 25.0 Å². The summed E-state index contributed by atoms with van der Waals surface area (Å²) in [4.78, 5) is 20.8. The molecule has 0 saturated carbocycles. The maximum atomic E-state index is 14.5. The van der Waals surface area contributed by atoms with Crippen molar-refractivity contribution in [3.63, 3.8) is 0 Å². The van der Waals surface area contributed by atoms with Gasteiger partial charge in [-0.25, -0.2) is 9.37 Å². The van der Waals surface area contributed by atoms with Crippen LogP contribution in [-0.2, 0) is 16.9 Å². The first-order valence-corrected chi connectivity index (χ1v) is 12.5. The summed E-state index contributed by atoms with van der Waals surface area (Å²) in [6, 6.07) is 24.1. The zero-order valence-corrected chi connectivity index (χ0v) is 21.3. The van der Waals surface area contributed by atoms with Crippen LogP contribution in [-0.4, -0.2) is 32.8 Å². The molecule has 0 aliphatic carbocycles. The lowest BCUT2D eigenvalue weighted by Crippen LogP contribution is -2.48. The summed E-state index contributed by atoms with van der Waals surface area (Å²) in [5.41, 5.74) is 1.82. The van der Waals surface area contributed by atoms with Gasteiger partial charge in [0.2, 0.25) is 11.8 Å². The van der Waals surface area contributed by atoms with Crippen molar-refractivity contribution in [3.05, 3.63) is 102 Å². The van der Waals surface area contributed by atoms with Crippen LogP contribution in [0.2, 0.25) is 0 Å². The second kappa shape index (κ2) is 9.06. The van der Waals surface area contributed by atoms with Crippen molar-refractivity contribution in [1.82, 2.24) is 19.7 Å². The van der Waals surface area contributed by atoms with Gasteiger partial charge < -0.3 is 4.74 Å². The SMILES string of the molecule is COc1nc(-c2ccc3cccc(F)c3c2)ccc1C1(C(C)C)C(=O)N(Cc2ccccc2)c2nncn21. The van der Waals surface area contributed by atoms with E-state index < -0.39 is 5.54 Å². The zero-order valence-electron chi connectivity index (χ0n) is 21.3. The summed E-state index contributed by atoms with van der Waals surface area (Å²) in [7, 11) is 1.54. The van der Waals surface area contributed by atoms with Crippen molar-refractivity contribution in [3.8, 4) is 17.1 Å². The van der Waals surface area contributed by atoms with Crippen molar-refractivity contribution in [2.75, 3.05) is 12.0 Å². The Morgan fingerprint density at radius 1 is 1.00 bits per heavy atom. The maximum absolute atomic E-state index is 14.5. The normalized spacial score (nSPS) is 16.9. The van der Waals surface area contributed by atoms with Gasteiger partial charge in [-0.3, -0.25) is 14.3 Å². The summed E-state index contributed by atoms with van der Waals surface area (Å²) in [5, 5.41) is 9.79. The van der Waals surface area contributed by atoms with Gasteiger partial charge in [-0.05, 0) is 41.1 Å². The van der Waals surface area contributed by atoms with E-state index in [9.17, 15) is 9.18 Å². The topological polar surface area (TPSA) is 73.1 Å². The van der Waals surface area contributed by atoms with Crippen LogP contribution < -0.4 is 9.64 Å². The summed E-state index contributed by atoms with van der Waals surface area (Å²) < 4.78 is 22.1. The number of anilines is 1. The molecule has 0 bridgehead atoms. The van der Waals surface area contributed by atoms with Crippen molar-refractivity contribution in [2.24, 2.45) is 5.92 Å². The Kier molecular flexibility index (Phi) is 5.67. The van der Waals surface area contributed by atoms with Gasteiger partial charge >= 0.3 is 0 Å². The molecule has 3 heterocycles. The molecule has 3 aromatic carbocycles. The first kappa shape index (κ1) is 23.8. The molecule has 8 heteroatoms. The fourth-order valence-corrected chi connectivity index (χ4v) is 5.49. The van der Waals surface area contributed by atoms with Gasteiger partial charge in [0.15, 0.2) is 5.54 Å². The van der Waals surface area contributed by atoms with Gasteiger partial charge in [-0.1, -0.05) is 68.4 Å². The molecule has 7 nitrogen and oxygen atoms in total. The highest BCUT2D eigenvalue weighted by Gasteiger charge is 2.56. The number of ether oxygens (including phenoxy) is 1. The minimum atomic E-state index is -1.15. The van der Waals surface area contributed by atoms with Crippen molar-refractivity contribution < 1.29 is 13.9 Å². The number of carbonyl (C=O) groups is 1. The number of benzene rings is 3. The molecular weight excluding hydrogens is 481 g/mol. The van der Waals surface area contributed by atoms with Gasteiger partial charge in [0.25, 0.3) is 5.91 Å². The zero-order chi connectivity index (χ0) is 26.4. The summed E-state index contributed by atoms with van der Waals surface area (Å²) in [5.74, 6) is 0.202. The maximum Gasteiger partial charge on any atom is 0.261 e. The molecule has 0 N–H and O–H groups in total. The van der Waals surface area contributed by atoms with E-state index in [1.54, 1.807) is 23.4 Å². The quantitative estimate of drug-likeness (QED) is 0.300. The highest BCUT2D eigenvalue weighted by Crippen LogP contribution is 2.47. The van der Waals surface area contributed by atoms with Crippen molar-refractivity contribution in [1.29, 1.82) is 0 Å². The molecule has 1 unspecified atom stereocenters. The first-order chi connectivity index (χ1) is 18.4.